The summed E-state index contributed by atoms with van der Waals surface area (Å²) in [5, 5.41) is 3.93. The number of esters is 1. The third-order valence-electron chi connectivity index (χ3n) is 5.88. The third kappa shape index (κ3) is 4.22. The first-order chi connectivity index (χ1) is 17.5. The number of para-hydroxylation sites is 1. The Bertz CT molecular complexity index is 1690. The number of amides is 1. The number of nitrogens with zero attached hydrogens (tertiary/aromatic N) is 1. The molecule has 0 spiro atoms. The van der Waals surface area contributed by atoms with Gasteiger partial charge in [0.2, 0.25) is 0 Å². The van der Waals surface area contributed by atoms with Gasteiger partial charge >= 0.3 is 5.97 Å². The molecule has 7 heteroatoms. The fourth-order valence-electron chi connectivity index (χ4n) is 4.08. The summed E-state index contributed by atoms with van der Waals surface area (Å²) < 4.78 is 11.2. The number of ether oxygens (including phenoxy) is 1. The lowest BCUT2D eigenvalue weighted by atomic mass is 10.0. The van der Waals surface area contributed by atoms with Crippen LogP contribution in [0.25, 0.3) is 33.2 Å². The summed E-state index contributed by atoms with van der Waals surface area (Å²) in [7, 11) is 0. The van der Waals surface area contributed by atoms with Crippen molar-refractivity contribution in [1.82, 2.24) is 4.98 Å². The molecule has 178 valence electrons. The highest BCUT2D eigenvalue weighted by Gasteiger charge is 2.19. The summed E-state index contributed by atoms with van der Waals surface area (Å²) in [6.07, 6.45) is 1.44. The molecule has 0 unspecified atom stereocenters. The molecule has 7 nitrogen and oxygen atoms in total. The van der Waals surface area contributed by atoms with E-state index in [0.29, 0.717) is 33.5 Å². The summed E-state index contributed by atoms with van der Waals surface area (Å²) in [6.45, 7) is 3.74. The quantitative estimate of drug-likeness (QED) is 0.323. The fraction of sp³-hybridized carbons (Fsp3) is 0.103. The Kier molecular flexibility index (Phi) is 6.04. The van der Waals surface area contributed by atoms with Crippen molar-refractivity contribution in [1.29, 1.82) is 0 Å². The Balaban J connectivity index is 1.51. The standard InChI is InChI=1S/C29H22N2O5/c1-3-35-29(34)20-14-19-12-13-21(15-24(19)30-16-20)31-28(33)23-11-7-10-22-25(32)17(2)26(36-27(22)23)18-8-5-4-6-9-18/h4-16H,3H2,1-2H3,(H,31,33). The van der Waals surface area contributed by atoms with Crippen molar-refractivity contribution in [3.05, 3.63) is 106 Å². The van der Waals surface area contributed by atoms with Crippen molar-refractivity contribution in [3.63, 3.8) is 0 Å². The topological polar surface area (TPSA) is 98.5 Å². The third-order valence-corrected chi connectivity index (χ3v) is 5.88. The van der Waals surface area contributed by atoms with Crippen LogP contribution in [0.5, 0.6) is 0 Å². The van der Waals surface area contributed by atoms with Gasteiger partial charge in [0.05, 0.1) is 28.6 Å². The van der Waals surface area contributed by atoms with Crippen molar-refractivity contribution in [2.75, 3.05) is 11.9 Å². The van der Waals surface area contributed by atoms with Crippen molar-refractivity contribution in [3.8, 4) is 11.3 Å². The first-order valence-electron chi connectivity index (χ1n) is 11.5. The van der Waals surface area contributed by atoms with Crippen LogP contribution < -0.4 is 10.7 Å². The lowest BCUT2D eigenvalue weighted by Gasteiger charge is -2.11. The maximum atomic E-state index is 13.3. The van der Waals surface area contributed by atoms with Crippen LogP contribution in [0.3, 0.4) is 0 Å². The lowest BCUT2D eigenvalue weighted by molar-refractivity contribution is 0.0526. The first kappa shape index (κ1) is 23.0. The number of nitrogens with one attached hydrogen (secondary N) is 1. The number of pyridine rings is 1. The van der Waals surface area contributed by atoms with E-state index >= 15 is 0 Å². The predicted molar refractivity (Wildman–Crippen MR) is 138 cm³/mol. The van der Waals surface area contributed by atoms with E-state index in [1.807, 2.05) is 30.3 Å². The van der Waals surface area contributed by atoms with Gasteiger partial charge in [-0.3, -0.25) is 14.6 Å². The second kappa shape index (κ2) is 9.46. The molecule has 3 aromatic carbocycles. The van der Waals surface area contributed by atoms with Gasteiger partial charge in [-0.25, -0.2) is 4.79 Å². The zero-order chi connectivity index (χ0) is 25.2. The molecule has 0 aliphatic heterocycles. The first-order valence-corrected chi connectivity index (χ1v) is 11.5. The smallest absolute Gasteiger partial charge is 0.339 e. The SMILES string of the molecule is CCOC(=O)c1cnc2cc(NC(=O)c3cccc4c(=O)c(C)c(-c5ccccc5)oc34)ccc2c1. The van der Waals surface area contributed by atoms with Gasteiger partial charge in [-0.1, -0.05) is 42.5 Å². The Morgan fingerprint density at radius 2 is 1.81 bits per heavy atom. The minimum Gasteiger partial charge on any atom is -0.462 e. The van der Waals surface area contributed by atoms with Crippen LogP contribution in [-0.4, -0.2) is 23.5 Å². The minimum atomic E-state index is -0.438. The summed E-state index contributed by atoms with van der Waals surface area (Å²) in [6, 6.07) is 21.1. The van der Waals surface area contributed by atoms with E-state index < -0.39 is 11.9 Å². The minimum absolute atomic E-state index is 0.183. The molecule has 36 heavy (non-hydrogen) atoms. The van der Waals surface area contributed by atoms with Gasteiger partial charge in [0.1, 0.15) is 5.76 Å². The van der Waals surface area contributed by atoms with Gasteiger partial charge < -0.3 is 14.5 Å². The molecule has 5 rings (SSSR count). The van der Waals surface area contributed by atoms with Crippen LogP contribution in [0.2, 0.25) is 0 Å². The molecule has 0 fully saturated rings. The molecule has 0 atom stereocenters. The van der Waals surface area contributed by atoms with Gasteiger partial charge in [0, 0.05) is 28.4 Å². The van der Waals surface area contributed by atoms with Crippen molar-refractivity contribution < 1.29 is 18.7 Å². The van der Waals surface area contributed by atoms with Crippen LogP contribution in [0, 0.1) is 6.92 Å². The average molecular weight is 479 g/mol. The van der Waals surface area contributed by atoms with Crippen molar-refractivity contribution >= 4 is 39.4 Å². The number of benzene rings is 3. The van der Waals surface area contributed by atoms with E-state index in [2.05, 4.69) is 10.3 Å². The molecule has 5 aromatic rings. The number of aromatic nitrogens is 1. The molecule has 0 saturated carbocycles. The number of anilines is 1. The molecular formula is C29H22N2O5. The highest BCUT2D eigenvalue weighted by Crippen LogP contribution is 2.28. The highest BCUT2D eigenvalue weighted by atomic mass is 16.5. The van der Waals surface area contributed by atoms with Crippen LogP contribution in [0.15, 0.2) is 88.2 Å². The molecule has 0 bridgehead atoms. The molecule has 1 amide bonds. The van der Waals surface area contributed by atoms with Crippen LogP contribution in [-0.2, 0) is 4.74 Å². The number of hydrogen-bond donors (Lipinski definition) is 1. The predicted octanol–water partition coefficient (Wildman–Crippen LogP) is 5.75. The molecular weight excluding hydrogens is 456 g/mol. The maximum Gasteiger partial charge on any atom is 0.339 e. The summed E-state index contributed by atoms with van der Waals surface area (Å²) in [4.78, 5) is 42.7. The van der Waals surface area contributed by atoms with Crippen LogP contribution in [0.4, 0.5) is 5.69 Å². The second-order valence-corrected chi connectivity index (χ2v) is 8.24. The van der Waals surface area contributed by atoms with Crippen LogP contribution in [0.1, 0.15) is 33.2 Å². The fourth-order valence-corrected chi connectivity index (χ4v) is 4.08. The molecule has 0 radical (unpaired) electrons. The van der Waals surface area contributed by atoms with Gasteiger partial charge in [-0.05, 0) is 44.2 Å². The number of carbonyl (C=O) groups excluding carboxylic acids is 2. The van der Waals surface area contributed by atoms with Gasteiger partial charge in [0.25, 0.3) is 5.91 Å². The summed E-state index contributed by atoms with van der Waals surface area (Å²) in [5.74, 6) is -0.429. The van der Waals surface area contributed by atoms with E-state index in [-0.39, 0.29) is 23.2 Å². The molecule has 2 heterocycles. The van der Waals surface area contributed by atoms with Crippen molar-refractivity contribution in [2.24, 2.45) is 0 Å². The van der Waals surface area contributed by atoms with E-state index in [9.17, 15) is 14.4 Å². The number of fused-ring (bicyclic) bond motifs is 2. The molecule has 2 aromatic heterocycles. The number of rotatable bonds is 5. The number of hydrogen-bond acceptors (Lipinski definition) is 6. The van der Waals surface area contributed by atoms with Gasteiger partial charge in [0.15, 0.2) is 11.0 Å². The van der Waals surface area contributed by atoms with Crippen LogP contribution >= 0.6 is 0 Å². The highest BCUT2D eigenvalue weighted by molar-refractivity contribution is 6.12. The number of carbonyl (C=O) groups is 2. The molecule has 0 saturated heterocycles. The normalized spacial score (nSPS) is 10.9. The Morgan fingerprint density at radius 3 is 2.58 bits per heavy atom. The van der Waals surface area contributed by atoms with E-state index in [4.69, 9.17) is 9.15 Å². The van der Waals surface area contributed by atoms with Gasteiger partial charge in [-0.15, -0.1) is 0 Å². The zero-order valence-electron chi connectivity index (χ0n) is 19.7. The molecule has 0 aliphatic rings. The summed E-state index contributed by atoms with van der Waals surface area (Å²) in [5.41, 5.74) is 3.00. The largest absolute Gasteiger partial charge is 0.462 e. The second-order valence-electron chi connectivity index (χ2n) is 8.24. The van der Waals surface area contributed by atoms with E-state index in [1.54, 1.807) is 56.3 Å². The Morgan fingerprint density at radius 1 is 1.00 bits per heavy atom. The Hall–Kier alpha value is -4.78. The lowest BCUT2D eigenvalue weighted by Crippen LogP contribution is -2.15. The average Bonchev–Trinajstić information content (AvgIpc) is 2.90. The van der Waals surface area contributed by atoms with E-state index in [1.165, 1.54) is 6.20 Å². The molecule has 0 aliphatic carbocycles. The Labute approximate surface area is 206 Å². The molecule has 1 N–H and O–H groups in total. The maximum absolute atomic E-state index is 13.3. The van der Waals surface area contributed by atoms with Gasteiger partial charge in [-0.2, -0.15) is 0 Å². The van der Waals surface area contributed by atoms with E-state index in [0.717, 1.165) is 10.9 Å². The zero-order valence-corrected chi connectivity index (χ0v) is 19.7. The summed E-state index contributed by atoms with van der Waals surface area (Å²) >= 11 is 0. The van der Waals surface area contributed by atoms with Crippen molar-refractivity contribution in [2.45, 2.75) is 13.8 Å². The monoisotopic (exact) mass is 478 g/mol.